The molecule has 0 atom stereocenters. The average Bonchev–Trinajstić information content (AvgIpc) is 2.38. The number of rotatable bonds is 2. The normalized spacial score (nSPS) is 10.3. The molecule has 2 aromatic carbocycles. The van der Waals surface area contributed by atoms with Gasteiger partial charge in [-0.15, -0.1) is 0 Å². The van der Waals surface area contributed by atoms with Gasteiger partial charge in [-0.3, -0.25) is 5.32 Å². The second kappa shape index (κ2) is 6.88. The minimum Gasteiger partial charge on any atom is -0.409 e. The van der Waals surface area contributed by atoms with Gasteiger partial charge in [-0.2, -0.15) is 0 Å². The van der Waals surface area contributed by atoms with Crippen molar-refractivity contribution in [2.75, 3.05) is 5.32 Å². The molecule has 7 heteroatoms. The number of hydrogen-bond donors (Lipinski definition) is 1. The molecule has 0 aromatic heterocycles. The summed E-state index contributed by atoms with van der Waals surface area (Å²) in [5, 5.41) is 3.90. The summed E-state index contributed by atoms with van der Waals surface area (Å²) in [5.74, 6) is 0.384. The van der Waals surface area contributed by atoms with E-state index in [-0.39, 0.29) is 0 Å². The molecule has 0 aliphatic carbocycles. The molecular weight excluding hydrogens is 400 g/mol. The van der Waals surface area contributed by atoms with Crippen molar-refractivity contribution >= 4 is 62.5 Å². The third kappa shape index (κ3) is 4.27. The molecule has 0 aliphatic rings. The van der Waals surface area contributed by atoms with Crippen LogP contribution in [0.3, 0.4) is 0 Å². The van der Waals surface area contributed by atoms with Crippen LogP contribution in [0.2, 0.25) is 15.1 Å². The number of nitrogens with one attached hydrogen (secondary N) is 1. The Hall–Kier alpha value is -0.940. The molecule has 2 aromatic rings. The molecule has 0 bridgehead atoms. The quantitative estimate of drug-likeness (QED) is 0.629. The standard InChI is InChI=1S/C14H9BrCl3NO2/c1-7-4-9(17)5-10(15)13(7)21-14(20)19-12-6-8(16)2-3-11(12)18/h2-6H,1H3,(H,19,20). The van der Waals surface area contributed by atoms with Crippen molar-refractivity contribution in [3.8, 4) is 5.75 Å². The Kier molecular flexibility index (Phi) is 5.38. The zero-order valence-electron chi connectivity index (χ0n) is 10.7. The highest BCUT2D eigenvalue weighted by Crippen LogP contribution is 2.33. The van der Waals surface area contributed by atoms with Crippen molar-refractivity contribution in [1.82, 2.24) is 0 Å². The number of aryl methyl sites for hydroxylation is 1. The zero-order valence-corrected chi connectivity index (χ0v) is 14.6. The Balaban J connectivity index is 2.17. The van der Waals surface area contributed by atoms with Crippen LogP contribution in [0.5, 0.6) is 5.75 Å². The van der Waals surface area contributed by atoms with Crippen molar-refractivity contribution in [2.45, 2.75) is 6.92 Å². The lowest BCUT2D eigenvalue weighted by Crippen LogP contribution is -2.17. The Bertz CT molecular complexity index is 684. The van der Waals surface area contributed by atoms with Crippen molar-refractivity contribution in [2.24, 2.45) is 0 Å². The minimum absolute atomic E-state index is 0.364. The first-order valence-corrected chi connectivity index (χ1v) is 7.69. The summed E-state index contributed by atoms with van der Waals surface area (Å²) in [4.78, 5) is 11.9. The zero-order chi connectivity index (χ0) is 15.6. The molecule has 1 N–H and O–H groups in total. The predicted molar refractivity (Wildman–Crippen MR) is 90.0 cm³/mol. The number of anilines is 1. The Labute approximate surface area is 145 Å². The van der Waals surface area contributed by atoms with Gasteiger partial charge < -0.3 is 4.74 Å². The molecule has 0 fully saturated rings. The summed E-state index contributed by atoms with van der Waals surface area (Å²) in [6, 6.07) is 8.09. The highest BCUT2D eigenvalue weighted by molar-refractivity contribution is 9.10. The predicted octanol–water partition coefficient (Wildman–Crippen LogP) is 6.33. The lowest BCUT2D eigenvalue weighted by Gasteiger charge is -2.12. The lowest BCUT2D eigenvalue weighted by molar-refractivity contribution is 0.214. The molecule has 0 unspecified atom stereocenters. The fourth-order valence-corrected chi connectivity index (χ4v) is 3.02. The van der Waals surface area contributed by atoms with Gasteiger partial charge in [-0.25, -0.2) is 4.79 Å². The molecule has 0 heterocycles. The van der Waals surface area contributed by atoms with E-state index in [2.05, 4.69) is 21.2 Å². The van der Waals surface area contributed by atoms with Crippen LogP contribution in [0.4, 0.5) is 10.5 Å². The number of benzene rings is 2. The molecule has 0 saturated carbocycles. The van der Waals surface area contributed by atoms with Crippen LogP contribution in [0.25, 0.3) is 0 Å². The molecule has 0 aliphatic heterocycles. The maximum atomic E-state index is 11.9. The number of ether oxygens (including phenoxy) is 1. The van der Waals surface area contributed by atoms with E-state index in [1.54, 1.807) is 31.2 Å². The van der Waals surface area contributed by atoms with Crippen LogP contribution in [0, 0.1) is 6.92 Å². The van der Waals surface area contributed by atoms with E-state index in [4.69, 9.17) is 39.5 Å². The van der Waals surface area contributed by atoms with Crippen LogP contribution in [-0.4, -0.2) is 6.09 Å². The summed E-state index contributed by atoms with van der Waals surface area (Å²) in [6.45, 7) is 1.78. The monoisotopic (exact) mass is 407 g/mol. The summed E-state index contributed by atoms with van der Waals surface area (Å²) in [5.41, 5.74) is 1.10. The van der Waals surface area contributed by atoms with Gasteiger partial charge in [-0.1, -0.05) is 34.8 Å². The van der Waals surface area contributed by atoms with E-state index in [1.807, 2.05) is 0 Å². The van der Waals surface area contributed by atoms with E-state index in [9.17, 15) is 4.79 Å². The summed E-state index contributed by atoms with van der Waals surface area (Å²) < 4.78 is 5.86. The molecule has 3 nitrogen and oxygen atoms in total. The van der Waals surface area contributed by atoms with Crippen LogP contribution in [0.1, 0.15) is 5.56 Å². The molecule has 21 heavy (non-hydrogen) atoms. The fraction of sp³-hybridized carbons (Fsp3) is 0.0714. The van der Waals surface area contributed by atoms with Gasteiger partial charge in [0, 0.05) is 10.0 Å². The first kappa shape index (κ1) is 16.4. The maximum absolute atomic E-state index is 11.9. The average molecular weight is 409 g/mol. The van der Waals surface area contributed by atoms with Gasteiger partial charge in [0.05, 0.1) is 15.2 Å². The van der Waals surface area contributed by atoms with Gasteiger partial charge in [-0.05, 0) is 58.7 Å². The fourth-order valence-electron chi connectivity index (χ4n) is 1.64. The van der Waals surface area contributed by atoms with Gasteiger partial charge in [0.15, 0.2) is 0 Å². The summed E-state index contributed by atoms with van der Waals surface area (Å²) in [7, 11) is 0. The van der Waals surface area contributed by atoms with Gasteiger partial charge in [0.1, 0.15) is 5.75 Å². The highest BCUT2D eigenvalue weighted by atomic mass is 79.9. The second-order valence-corrected chi connectivity index (χ2v) is 6.31. The van der Waals surface area contributed by atoms with Crippen molar-refractivity contribution in [3.05, 3.63) is 55.4 Å². The third-order valence-corrected chi connectivity index (χ3v) is 3.93. The van der Waals surface area contributed by atoms with Gasteiger partial charge in [0.2, 0.25) is 0 Å². The van der Waals surface area contributed by atoms with E-state index in [0.29, 0.717) is 31.0 Å². The van der Waals surface area contributed by atoms with E-state index in [1.165, 1.54) is 6.07 Å². The van der Waals surface area contributed by atoms with E-state index < -0.39 is 6.09 Å². The smallest absolute Gasteiger partial charge is 0.409 e. The number of hydrogen-bond acceptors (Lipinski definition) is 2. The SMILES string of the molecule is Cc1cc(Cl)cc(Br)c1OC(=O)Nc1cc(Cl)ccc1Cl. The van der Waals surface area contributed by atoms with Crippen LogP contribution < -0.4 is 10.1 Å². The summed E-state index contributed by atoms with van der Waals surface area (Å²) in [6.07, 6.45) is -0.676. The molecule has 1 amide bonds. The minimum atomic E-state index is -0.676. The largest absolute Gasteiger partial charge is 0.417 e. The van der Waals surface area contributed by atoms with E-state index in [0.717, 1.165) is 5.56 Å². The molecule has 110 valence electrons. The first-order chi connectivity index (χ1) is 9.86. The Morgan fingerprint density at radius 1 is 1.14 bits per heavy atom. The molecule has 0 radical (unpaired) electrons. The summed E-state index contributed by atoms with van der Waals surface area (Å²) >= 11 is 21.0. The second-order valence-electron chi connectivity index (χ2n) is 4.17. The topological polar surface area (TPSA) is 38.3 Å². The number of carbonyl (C=O) groups excluding carboxylic acids is 1. The number of amides is 1. The van der Waals surface area contributed by atoms with Crippen molar-refractivity contribution < 1.29 is 9.53 Å². The van der Waals surface area contributed by atoms with Crippen LogP contribution in [0.15, 0.2) is 34.8 Å². The van der Waals surface area contributed by atoms with E-state index >= 15 is 0 Å². The Morgan fingerprint density at radius 3 is 2.52 bits per heavy atom. The van der Waals surface area contributed by atoms with Crippen LogP contribution in [-0.2, 0) is 0 Å². The van der Waals surface area contributed by atoms with Gasteiger partial charge >= 0.3 is 6.09 Å². The number of carbonyl (C=O) groups is 1. The highest BCUT2D eigenvalue weighted by Gasteiger charge is 2.13. The molecule has 0 spiro atoms. The molecule has 2 rings (SSSR count). The van der Waals surface area contributed by atoms with Crippen LogP contribution >= 0.6 is 50.7 Å². The molecule has 0 saturated heterocycles. The van der Waals surface area contributed by atoms with Crippen molar-refractivity contribution in [1.29, 1.82) is 0 Å². The Morgan fingerprint density at radius 2 is 1.86 bits per heavy atom. The third-order valence-electron chi connectivity index (χ3n) is 2.55. The number of halogens is 4. The lowest BCUT2D eigenvalue weighted by atomic mass is 10.2. The first-order valence-electron chi connectivity index (χ1n) is 5.76. The van der Waals surface area contributed by atoms with Crippen molar-refractivity contribution in [3.63, 3.8) is 0 Å². The molecular formula is C14H9BrCl3NO2. The maximum Gasteiger partial charge on any atom is 0.417 e. The van der Waals surface area contributed by atoms with Gasteiger partial charge in [0.25, 0.3) is 0 Å².